The number of piperazine rings is 1. The minimum Gasteiger partial charge on any atom is -0.497 e. The summed E-state index contributed by atoms with van der Waals surface area (Å²) in [5, 5.41) is 0. The summed E-state index contributed by atoms with van der Waals surface area (Å²) in [6.45, 7) is 4.72. The van der Waals surface area contributed by atoms with Crippen molar-refractivity contribution in [2.45, 2.75) is 6.54 Å². The maximum absolute atomic E-state index is 13.1. The molecule has 1 aliphatic heterocycles. The molecular formula is C21H28N4O2. The normalized spacial score (nSPS) is 15.5. The van der Waals surface area contributed by atoms with E-state index in [1.807, 2.05) is 53.4 Å². The fourth-order valence-electron chi connectivity index (χ4n) is 3.21. The Morgan fingerprint density at radius 2 is 1.81 bits per heavy atom. The number of rotatable bonds is 6. The van der Waals surface area contributed by atoms with Gasteiger partial charge in [-0.1, -0.05) is 18.2 Å². The zero-order valence-electron chi connectivity index (χ0n) is 16.1. The second-order valence-electron chi connectivity index (χ2n) is 7.00. The number of nitrogen functional groups attached to an aromatic ring is 1. The molecule has 1 saturated heterocycles. The van der Waals surface area contributed by atoms with E-state index in [4.69, 9.17) is 10.5 Å². The number of carbonyl (C=O) groups excluding carboxylic acids is 1. The van der Waals surface area contributed by atoms with Crippen LogP contribution in [0.5, 0.6) is 5.75 Å². The van der Waals surface area contributed by atoms with Crippen molar-refractivity contribution in [2.24, 2.45) is 0 Å². The average molecular weight is 368 g/mol. The van der Waals surface area contributed by atoms with Crippen LogP contribution in [0.1, 0.15) is 5.56 Å². The molecule has 0 bridgehead atoms. The van der Waals surface area contributed by atoms with Gasteiger partial charge < -0.3 is 20.3 Å². The lowest BCUT2D eigenvalue weighted by Gasteiger charge is -2.33. The molecule has 144 valence electrons. The van der Waals surface area contributed by atoms with E-state index in [0.717, 1.165) is 43.2 Å². The van der Waals surface area contributed by atoms with Crippen LogP contribution < -0.4 is 15.4 Å². The Balaban J connectivity index is 1.77. The monoisotopic (exact) mass is 368 g/mol. The van der Waals surface area contributed by atoms with Crippen LogP contribution in [0, 0.1) is 0 Å². The molecular weight excluding hydrogens is 340 g/mol. The molecule has 0 spiro atoms. The first kappa shape index (κ1) is 19.2. The summed E-state index contributed by atoms with van der Waals surface area (Å²) in [5.74, 6) is 0.888. The van der Waals surface area contributed by atoms with Gasteiger partial charge in [0.25, 0.3) is 0 Å². The van der Waals surface area contributed by atoms with E-state index in [9.17, 15) is 4.79 Å². The van der Waals surface area contributed by atoms with Crippen molar-refractivity contribution < 1.29 is 9.53 Å². The molecule has 0 radical (unpaired) electrons. The summed E-state index contributed by atoms with van der Waals surface area (Å²) >= 11 is 0. The standard InChI is InChI=1S/C21H28N4O2/c1-23-10-12-24(13-11-23)16-21(26)25(19-5-3-4-18(22)14-19)15-17-6-8-20(27-2)9-7-17/h3-9,14H,10-13,15-16,22H2,1-2H3. The molecule has 2 N–H and O–H groups in total. The summed E-state index contributed by atoms with van der Waals surface area (Å²) in [5.41, 5.74) is 8.48. The van der Waals surface area contributed by atoms with Crippen molar-refractivity contribution in [1.82, 2.24) is 9.80 Å². The van der Waals surface area contributed by atoms with Crippen LogP contribution in [0.4, 0.5) is 11.4 Å². The van der Waals surface area contributed by atoms with Crippen LogP contribution >= 0.6 is 0 Å². The van der Waals surface area contributed by atoms with Crippen LogP contribution in [0.3, 0.4) is 0 Å². The van der Waals surface area contributed by atoms with Gasteiger partial charge in [0.05, 0.1) is 20.2 Å². The van der Waals surface area contributed by atoms with E-state index in [1.54, 1.807) is 7.11 Å². The molecule has 2 aromatic carbocycles. The predicted molar refractivity (Wildman–Crippen MR) is 109 cm³/mol. The number of likely N-dealkylation sites (N-methyl/N-ethyl adjacent to an activating group) is 1. The van der Waals surface area contributed by atoms with Gasteiger partial charge in [0.1, 0.15) is 5.75 Å². The van der Waals surface area contributed by atoms with Crippen LogP contribution in [0.2, 0.25) is 0 Å². The van der Waals surface area contributed by atoms with Crippen molar-refractivity contribution in [3.63, 3.8) is 0 Å². The molecule has 6 nitrogen and oxygen atoms in total. The summed E-state index contributed by atoms with van der Waals surface area (Å²) in [7, 11) is 3.76. The number of nitrogens with two attached hydrogens (primary N) is 1. The fourth-order valence-corrected chi connectivity index (χ4v) is 3.21. The lowest BCUT2D eigenvalue weighted by molar-refractivity contribution is -0.120. The summed E-state index contributed by atoms with van der Waals surface area (Å²) in [6, 6.07) is 15.3. The van der Waals surface area contributed by atoms with Gasteiger partial charge in [-0.15, -0.1) is 0 Å². The van der Waals surface area contributed by atoms with Crippen molar-refractivity contribution in [3.8, 4) is 5.75 Å². The van der Waals surface area contributed by atoms with Gasteiger partial charge in [-0.05, 0) is 42.9 Å². The topological polar surface area (TPSA) is 62.0 Å². The number of amides is 1. The average Bonchev–Trinajstić information content (AvgIpc) is 2.68. The molecule has 2 aromatic rings. The predicted octanol–water partition coefficient (Wildman–Crippen LogP) is 2.06. The highest BCUT2D eigenvalue weighted by Gasteiger charge is 2.22. The summed E-state index contributed by atoms with van der Waals surface area (Å²) < 4.78 is 5.22. The molecule has 3 rings (SSSR count). The zero-order valence-corrected chi connectivity index (χ0v) is 16.1. The Labute approximate surface area is 161 Å². The van der Waals surface area contributed by atoms with Gasteiger partial charge >= 0.3 is 0 Å². The zero-order chi connectivity index (χ0) is 19.2. The van der Waals surface area contributed by atoms with E-state index in [-0.39, 0.29) is 5.91 Å². The van der Waals surface area contributed by atoms with Crippen molar-refractivity contribution in [1.29, 1.82) is 0 Å². The molecule has 1 amide bonds. The number of carbonyl (C=O) groups is 1. The molecule has 0 aromatic heterocycles. The van der Waals surface area contributed by atoms with Gasteiger partial charge in [-0.3, -0.25) is 9.69 Å². The first-order chi connectivity index (χ1) is 13.0. The highest BCUT2D eigenvalue weighted by atomic mass is 16.5. The third-order valence-electron chi connectivity index (χ3n) is 4.94. The van der Waals surface area contributed by atoms with E-state index in [2.05, 4.69) is 16.8 Å². The molecule has 0 unspecified atom stereocenters. The van der Waals surface area contributed by atoms with Gasteiger partial charge in [0.2, 0.25) is 5.91 Å². The Kier molecular flexibility index (Phi) is 6.32. The maximum Gasteiger partial charge on any atom is 0.241 e. The van der Waals surface area contributed by atoms with E-state index < -0.39 is 0 Å². The summed E-state index contributed by atoms with van der Waals surface area (Å²) in [6.07, 6.45) is 0. The van der Waals surface area contributed by atoms with Crippen LogP contribution in [-0.4, -0.2) is 62.6 Å². The molecule has 27 heavy (non-hydrogen) atoms. The first-order valence-electron chi connectivity index (χ1n) is 9.25. The number of hydrogen-bond acceptors (Lipinski definition) is 5. The number of methoxy groups -OCH3 is 1. The number of hydrogen-bond donors (Lipinski definition) is 1. The Hall–Kier alpha value is -2.57. The lowest BCUT2D eigenvalue weighted by Crippen LogP contribution is -2.48. The number of benzene rings is 2. The molecule has 0 saturated carbocycles. The third-order valence-corrected chi connectivity index (χ3v) is 4.94. The Morgan fingerprint density at radius 3 is 2.44 bits per heavy atom. The Bertz CT molecular complexity index is 755. The van der Waals surface area contributed by atoms with Crippen molar-refractivity contribution in [2.75, 3.05) is 57.5 Å². The van der Waals surface area contributed by atoms with E-state index in [1.165, 1.54) is 0 Å². The number of anilines is 2. The third kappa shape index (κ3) is 5.21. The quantitative estimate of drug-likeness (QED) is 0.791. The van der Waals surface area contributed by atoms with E-state index in [0.29, 0.717) is 18.8 Å². The van der Waals surface area contributed by atoms with Gasteiger partial charge in [-0.25, -0.2) is 0 Å². The highest BCUT2D eigenvalue weighted by Crippen LogP contribution is 2.22. The van der Waals surface area contributed by atoms with Crippen molar-refractivity contribution in [3.05, 3.63) is 54.1 Å². The smallest absolute Gasteiger partial charge is 0.241 e. The molecule has 1 heterocycles. The SMILES string of the molecule is COc1ccc(CN(C(=O)CN2CCN(C)CC2)c2cccc(N)c2)cc1. The van der Waals surface area contributed by atoms with Crippen LogP contribution in [-0.2, 0) is 11.3 Å². The minimum absolute atomic E-state index is 0.0842. The van der Waals surface area contributed by atoms with Crippen LogP contribution in [0.15, 0.2) is 48.5 Å². The lowest BCUT2D eigenvalue weighted by atomic mass is 10.1. The molecule has 1 fully saturated rings. The van der Waals surface area contributed by atoms with E-state index >= 15 is 0 Å². The second-order valence-corrected chi connectivity index (χ2v) is 7.00. The highest BCUT2D eigenvalue weighted by molar-refractivity contribution is 5.95. The molecule has 0 aliphatic carbocycles. The van der Waals surface area contributed by atoms with Crippen molar-refractivity contribution >= 4 is 17.3 Å². The molecule has 0 atom stereocenters. The minimum atomic E-state index is 0.0842. The van der Waals surface area contributed by atoms with Gasteiger partial charge in [0.15, 0.2) is 0 Å². The number of ether oxygens (including phenoxy) is 1. The summed E-state index contributed by atoms with van der Waals surface area (Å²) in [4.78, 5) is 19.5. The fraction of sp³-hybridized carbons (Fsp3) is 0.381. The Morgan fingerprint density at radius 1 is 1.11 bits per heavy atom. The largest absolute Gasteiger partial charge is 0.497 e. The number of nitrogens with zero attached hydrogens (tertiary/aromatic N) is 3. The van der Waals surface area contributed by atoms with Gasteiger partial charge in [0, 0.05) is 37.6 Å². The maximum atomic E-state index is 13.1. The first-order valence-corrected chi connectivity index (χ1v) is 9.25. The second kappa shape index (κ2) is 8.88. The van der Waals surface area contributed by atoms with Crippen LogP contribution in [0.25, 0.3) is 0 Å². The molecule has 1 aliphatic rings. The van der Waals surface area contributed by atoms with Gasteiger partial charge in [-0.2, -0.15) is 0 Å². The molecule has 6 heteroatoms.